The monoisotopic (exact) mass is 245 g/mol. The van der Waals surface area contributed by atoms with Crippen molar-refractivity contribution in [2.24, 2.45) is 0 Å². The summed E-state index contributed by atoms with van der Waals surface area (Å²) < 4.78 is 38.4. The number of pyridine rings is 1. The maximum absolute atomic E-state index is 12.8. The van der Waals surface area contributed by atoms with Gasteiger partial charge in [0.1, 0.15) is 5.82 Å². The molecule has 3 nitrogen and oxygen atoms in total. The molecule has 0 aliphatic carbocycles. The summed E-state index contributed by atoms with van der Waals surface area (Å²) in [5, 5.41) is 3.07. The van der Waals surface area contributed by atoms with Crippen molar-refractivity contribution in [3.05, 3.63) is 23.9 Å². The maximum atomic E-state index is 12.8. The molecule has 1 atom stereocenters. The third-order valence-electron chi connectivity index (χ3n) is 2.99. The molecule has 0 radical (unpaired) electrons. The Balaban J connectivity index is 2.27. The molecule has 2 heterocycles. The zero-order valence-corrected chi connectivity index (χ0v) is 9.46. The summed E-state index contributed by atoms with van der Waals surface area (Å²) in [7, 11) is 1.82. The van der Waals surface area contributed by atoms with Crippen molar-refractivity contribution < 1.29 is 13.2 Å². The number of anilines is 1. The molecule has 1 aromatic heterocycles. The number of nitrogens with one attached hydrogen (secondary N) is 1. The molecule has 0 saturated carbocycles. The minimum atomic E-state index is -4.35. The molecule has 0 amide bonds. The second-order valence-corrected chi connectivity index (χ2v) is 4.09. The number of likely N-dealkylation sites (N-methyl/N-ethyl adjacent to an activating group) is 1. The Labute approximate surface area is 97.6 Å². The first-order valence-electron chi connectivity index (χ1n) is 5.47. The molecule has 2 rings (SSSR count). The highest BCUT2D eigenvalue weighted by atomic mass is 19.4. The van der Waals surface area contributed by atoms with E-state index in [9.17, 15) is 13.2 Å². The normalized spacial score (nSPS) is 20.9. The number of halogens is 3. The molecule has 17 heavy (non-hydrogen) atoms. The third kappa shape index (κ3) is 2.52. The number of nitrogens with zero attached hydrogens (tertiary/aromatic N) is 2. The largest absolute Gasteiger partial charge is 0.419 e. The fourth-order valence-corrected chi connectivity index (χ4v) is 2.06. The van der Waals surface area contributed by atoms with Crippen LogP contribution < -0.4 is 10.2 Å². The molecule has 6 heteroatoms. The molecule has 1 fully saturated rings. The van der Waals surface area contributed by atoms with E-state index in [1.165, 1.54) is 12.3 Å². The number of hydrogen-bond donors (Lipinski definition) is 1. The smallest absolute Gasteiger partial charge is 0.354 e. The number of alkyl halides is 3. The Morgan fingerprint density at radius 1 is 1.47 bits per heavy atom. The fourth-order valence-electron chi connectivity index (χ4n) is 2.06. The zero-order valence-electron chi connectivity index (χ0n) is 9.46. The van der Waals surface area contributed by atoms with Crippen molar-refractivity contribution >= 4 is 5.82 Å². The molecule has 1 aromatic rings. The molecular formula is C11H14F3N3. The van der Waals surface area contributed by atoms with Gasteiger partial charge >= 0.3 is 6.18 Å². The van der Waals surface area contributed by atoms with Gasteiger partial charge in [0.05, 0.1) is 5.56 Å². The predicted molar refractivity (Wildman–Crippen MR) is 58.9 cm³/mol. The highest BCUT2D eigenvalue weighted by molar-refractivity contribution is 5.49. The van der Waals surface area contributed by atoms with Gasteiger partial charge in [-0.2, -0.15) is 13.2 Å². The van der Waals surface area contributed by atoms with Gasteiger partial charge in [0.2, 0.25) is 0 Å². The summed E-state index contributed by atoms with van der Waals surface area (Å²) in [6, 6.07) is 2.63. The number of aromatic nitrogens is 1. The number of hydrogen-bond acceptors (Lipinski definition) is 3. The van der Waals surface area contributed by atoms with Crippen molar-refractivity contribution in [1.29, 1.82) is 0 Å². The van der Waals surface area contributed by atoms with Gasteiger partial charge in [-0.25, -0.2) is 4.98 Å². The first-order valence-corrected chi connectivity index (χ1v) is 5.47. The molecular weight excluding hydrogens is 231 g/mol. The lowest BCUT2D eigenvalue weighted by molar-refractivity contribution is -0.137. The van der Waals surface area contributed by atoms with E-state index in [1.807, 2.05) is 7.05 Å². The lowest BCUT2D eigenvalue weighted by atomic mass is 10.2. The van der Waals surface area contributed by atoms with Gasteiger partial charge in [-0.3, -0.25) is 0 Å². The molecule has 1 N–H and O–H groups in total. The summed E-state index contributed by atoms with van der Waals surface area (Å²) in [6.45, 7) is 1.17. The quantitative estimate of drug-likeness (QED) is 0.862. The van der Waals surface area contributed by atoms with Crippen molar-refractivity contribution in [3.63, 3.8) is 0 Å². The van der Waals surface area contributed by atoms with Crippen LogP contribution in [0.4, 0.5) is 19.0 Å². The van der Waals surface area contributed by atoms with Crippen molar-refractivity contribution in [1.82, 2.24) is 10.3 Å². The fraction of sp³-hybridized carbons (Fsp3) is 0.545. The Kier molecular flexibility index (Phi) is 3.24. The predicted octanol–water partition coefficient (Wildman–Crippen LogP) is 1.90. The molecule has 1 aliphatic heterocycles. The van der Waals surface area contributed by atoms with E-state index in [0.29, 0.717) is 13.1 Å². The minimum absolute atomic E-state index is 0.0396. The standard InChI is InChI=1S/C11H14F3N3/c1-15-8-4-6-17(7-8)10-9(11(12,13)14)3-2-5-16-10/h2-3,5,8,15H,4,6-7H2,1H3. The molecule has 0 bridgehead atoms. The van der Waals surface area contributed by atoms with Gasteiger partial charge < -0.3 is 10.2 Å². The summed E-state index contributed by atoms with van der Waals surface area (Å²) in [5.41, 5.74) is -0.656. The van der Waals surface area contributed by atoms with E-state index >= 15 is 0 Å². The van der Waals surface area contributed by atoms with E-state index in [2.05, 4.69) is 10.3 Å². The van der Waals surface area contributed by atoms with Gasteiger partial charge in [-0.05, 0) is 25.6 Å². The van der Waals surface area contributed by atoms with Gasteiger partial charge in [-0.15, -0.1) is 0 Å². The van der Waals surface area contributed by atoms with E-state index in [4.69, 9.17) is 0 Å². The Bertz CT molecular complexity index is 392. The van der Waals surface area contributed by atoms with Crippen molar-refractivity contribution in [3.8, 4) is 0 Å². The Hall–Kier alpha value is -1.30. The SMILES string of the molecule is CNC1CCN(c2ncccc2C(F)(F)F)C1. The van der Waals surface area contributed by atoms with Crippen LogP contribution in [0.1, 0.15) is 12.0 Å². The van der Waals surface area contributed by atoms with Crippen LogP contribution in [-0.4, -0.2) is 31.2 Å². The van der Waals surface area contributed by atoms with Gasteiger partial charge in [0.15, 0.2) is 0 Å². The van der Waals surface area contributed by atoms with Crippen LogP contribution in [0.5, 0.6) is 0 Å². The van der Waals surface area contributed by atoms with E-state index in [1.54, 1.807) is 4.90 Å². The average molecular weight is 245 g/mol. The topological polar surface area (TPSA) is 28.2 Å². The third-order valence-corrected chi connectivity index (χ3v) is 2.99. The van der Waals surface area contributed by atoms with Crippen LogP contribution in [0.15, 0.2) is 18.3 Å². The average Bonchev–Trinajstić information content (AvgIpc) is 2.76. The van der Waals surface area contributed by atoms with Gasteiger partial charge in [0, 0.05) is 25.3 Å². The van der Waals surface area contributed by atoms with Gasteiger partial charge in [-0.1, -0.05) is 0 Å². The second-order valence-electron chi connectivity index (χ2n) is 4.09. The molecule has 1 aliphatic rings. The van der Waals surface area contributed by atoms with Crippen LogP contribution in [-0.2, 0) is 6.18 Å². The summed E-state index contributed by atoms with van der Waals surface area (Å²) in [4.78, 5) is 5.56. The van der Waals surface area contributed by atoms with E-state index in [0.717, 1.165) is 12.5 Å². The van der Waals surface area contributed by atoms with E-state index in [-0.39, 0.29) is 11.9 Å². The first-order chi connectivity index (χ1) is 8.02. The summed E-state index contributed by atoms with van der Waals surface area (Å²) in [6.07, 6.45) is -2.11. The van der Waals surface area contributed by atoms with Crippen LogP contribution in [0.2, 0.25) is 0 Å². The van der Waals surface area contributed by atoms with Crippen molar-refractivity contribution in [2.75, 3.05) is 25.0 Å². The lowest BCUT2D eigenvalue weighted by Gasteiger charge is -2.21. The number of rotatable bonds is 2. The van der Waals surface area contributed by atoms with Crippen LogP contribution in [0.3, 0.4) is 0 Å². The molecule has 1 unspecified atom stereocenters. The molecule has 1 saturated heterocycles. The molecule has 94 valence electrons. The zero-order chi connectivity index (χ0) is 12.5. The van der Waals surface area contributed by atoms with Crippen LogP contribution in [0, 0.1) is 0 Å². The minimum Gasteiger partial charge on any atom is -0.354 e. The van der Waals surface area contributed by atoms with E-state index < -0.39 is 11.7 Å². The highest BCUT2D eigenvalue weighted by Crippen LogP contribution is 2.36. The van der Waals surface area contributed by atoms with Crippen LogP contribution in [0.25, 0.3) is 0 Å². The Morgan fingerprint density at radius 2 is 2.24 bits per heavy atom. The lowest BCUT2D eigenvalue weighted by Crippen LogP contribution is -2.31. The van der Waals surface area contributed by atoms with Crippen molar-refractivity contribution in [2.45, 2.75) is 18.6 Å². The molecule has 0 spiro atoms. The summed E-state index contributed by atoms with van der Waals surface area (Å²) in [5.74, 6) is 0.0396. The maximum Gasteiger partial charge on any atom is 0.419 e. The summed E-state index contributed by atoms with van der Waals surface area (Å²) >= 11 is 0. The van der Waals surface area contributed by atoms with Crippen LogP contribution >= 0.6 is 0 Å². The van der Waals surface area contributed by atoms with Gasteiger partial charge in [0.25, 0.3) is 0 Å². The highest BCUT2D eigenvalue weighted by Gasteiger charge is 2.36. The Morgan fingerprint density at radius 3 is 2.82 bits per heavy atom. The molecule has 0 aromatic carbocycles. The first kappa shape index (κ1) is 12.2. The second kappa shape index (κ2) is 4.52.